The van der Waals surface area contributed by atoms with Crippen LogP contribution < -0.4 is 0 Å². The van der Waals surface area contributed by atoms with Gasteiger partial charge in [0.2, 0.25) is 0 Å². The van der Waals surface area contributed by atoms with E-state index in [9.17, 15) is 4.79 Å². The van der Waals surface area contributed by atoms with E-state index in [1.807, 2.05) is 43.5 Å². The Hall–Kier alpha value is -1.04. The first-order chi connectivity index (χ1) is 10.5. The van der Waals surface area contributed by atoms with E-state index in [0.29, 0.717) is 5.75 Å². The van der Waals surface area contributed by atoms with Crippen LogP contribution in [-0.2, 0) is 21.7 Å². The third-order valence-corrected chi connectivity index (χ3v) is 4.79. The molecule has 2 aromatic rings. The number of hydrogen-bond acceptors (Lipinski definition) is 5. The summed E-state index contributed by atoms with van der Waals surface area (Å²) in [4.78, 5) is 16.0. The topological polar surface area (TPSA) is 39.2 Å². The number of hydrogen-bond donors (Lipinski definition) is 0. The lowest BCUT2D eigenvalue weighted by molar-refractivity contribution is -0.144. The standard InChI is InChI=1S/C16H18ClNO2S2/c1-11(2)20-16(19)10-21-8-14-9-22-15(18-14)7-12-3-5-13(17)6-4-12/h3-6,9,11H,7-8,10H2,1-2H3. The maximum atomic E-state index is 11.4. The van der Waals surface area contributed by atoms with Crippen LogP contribution >= 0.6 is 34.7 Å². The number of thioether (sulfide) groups is 1. The summed E-state index contributed by atoms with van der Waals surface area (Å²) in [5.74, 6) is 0.920. The van der Waals surface area contributed by atoms with Gasteiger partial charge < -0.3 is 4.74 Å². The van der Waals surface area contributed by atoms with Gasteiger partial charge >= 0.3 is 5.97 Å². The molecule has 0 bridgehead atoms. The van der Waals surface area contributed by atoms with Gasteiger partial charge in [0.15, 0.2) is 0 Å². The fourth-order valence-electron chi connectivity index (χ4n) is 1.81. The van der Waals surface area contributed by atoms with E-state index >= 15 is 0 Å². The van der Waals surface area contributed by atoms with E-state index in [1.165, 1.54) is 17.3 Å². The number of esters is 1. The Bertz CT molecular complexity index is 611. The summed E-state index contributed by atoms with van der Waals surface area (Å²) in [5.41, 5.74) is 2.20. The van der Waals surface area contributed by atoms with Crippen molar-refractivity contribution in [3.63, 3.8) is 0 Å². The molecule has 0 radical (unpaired) electrons. The number of thiazole rings is 1. The van der Waals surface area contributed by atoms with Crippen molar-refractivity contribution in [3.8, 4) is 0 Å². The van der Waals surface area contributed by atoms with E-state index in [1.54, 1.807) is 11.3 Å². The monoisotopic (exact) mass is 355 g/mol. The van der Waals surface area contributed by atoms with E-state index in [2.05, 4.69) is 4.98 Å². The molecule has 1 aromatic carbocycles. The molecule has 0 atom stereocenters. The van der Waals surface area contributed by atoms with Gasteiger partial charge in [-0.3, -0.25) is 4.79 Å². The molecule has 0 saturated heterocycles. The summed E-state index contributed by atoms with van der Waals surface area (Å²) in [7, 11) is 0. The van der Waals surface area contributed by atoms with Gasteiger partial charge in [-0.15, -0.1) is 23.1 Å². The number of halogens is 1. The van der Waals surface area contributed by atoms with E-state index in [-0.39, 0.29) is 12.1 Å². The van der Waals surface area contributed by atoms with Gasteiger partial charge in [0.05, 0.1) is 22.6 Å². The molecule has 0 spiro atoms. The van der Waals surface area contributed by atoms with Crippen LogP contribution in [0.3, 0.4) is 0 Å². The first kappa shape index (κ1) is 17.3. The van der Waals surface area contributed by atoms with Crippen molar-refractivity contribution in [1.29, 1.82) is 0 Å². The molecule has 2 rings (SSSR count). The normalized spacial score (nSPS) is 10.9. The largest absolute Gasteiger partial charge is 0.462 e. The Kier molecular flexibility index (Phi) is 6.73. The first-order valence-electron chi connectivity index (χ1n) is 6.98. The Labute approximate surface area is 144 Å². The second-order valence-corrected chi connectivity index (χ2v) is 7.43. The molecule has 3 nitrogen and oxygen atoms in total. The van der Waals surface area contributed by atoms with Gasteiger partial charge in [0.25, 0.3) is 0 Å². The third-order valence-electron chi connectivity index (χ3n) is 2.70. The molecular formula is C16H18ClNO2S2. The zero-order chi connectivity index (χ0) is 15.9. The number of ether oxygens (including phenoxy) is 1. The zero-order valence-corrected chi connectivity index (χ0v) is 14.9. The molecule has 0 aliphatic rings. The fraction of sp³-hybridized carbons (Fsp3) is 0.375. The van der Waals surface area contributed by atoms with Crippen molar-refractivity contribution >= 4 is 40.7 Å². The highest BCUT2D eigenvalue weighted by Crippen LogP contribution is 2.19. The van der Waals surface area contributed by atoms with Crippen LogP contribution in [0.2, 0.25) is 5.02 Å². The summed E-state index contributed by atoms with van der Waals surface area (Å²) in [6.07, 6.45) is 0.750. The minimum atomic E-state index is -0.170. The summed E-state index contributed by atoms with van der Waals surface area (Å²) in [6, 6.07) is 7.81. The van der Waals surface area contributed by atoms with Crippen LogP contribution in [0.1, 0.15) is 30.1 Å². The molecule has 0 fully saturated rings. The van der Waals surface area contributed by atoms with Crippen LogP contribution in [0.4, 0.5) is 0 Å². The van der Waals surface area contributed by atoms with Gasteiger partial charge in [0.1, 0.15) is 0 Å². The van der Waals surface area contributed by atoms with E-state index < -0.39 is 0 Å². The van der Waals surface area contributed by atoms with Gasteiger partial charge in [-0.1, -0.05) is 23.7 Å². The number of carbonyl (C=O) groups excluding carboxylic acids is 1. The minimum absolute atomic E-state index is 0.0571. The van der Waals surface area contributed by atoms with Crippen LogP contribution in [0.25, 0.3) is 0 Å². The van der Waals surface area contributed by atoms with E-state index in [4.69, 9.17) is 16.3 Å². The summed E-state index contributed by atoms with van der Waals surface area (Å²) >= 11 is 9.05. The van der Waals surface area contributed by atoms with Crippen molar-refractivity contribution in [3.05, 3.63) is 50.9 Å². The molecule has 118 valence electrons. The highest BCUT2D eigenvalue weighted by Gasteiger charge is 2.08. The van der Waals surface area contributed by atoms with Crippen LogP contribution in [0, 0.1) is 0 Å². The SMILES string of the molecule is CC(C)OC(=O)CSCc1csc(Cc2ccc(Cl)cc2)n1. The Balaban J connectivity index is 1.79. The van der Waals surface area contributed by atoms with E-state index in [0.717, 1.165) is 27.9 Å². The van der Waals surface area contributed by atoms with Crippen LogP contribution in [0.5, 0.6) is 0 Å². The Morgan fingerprint density at radius 3 is 2.77 bits per heavy atom. The lowest BCUT2D eigenvalue weighted by atomic mass is 10.2. The minimum Gasteiger partial charge on any atom is -0.462 e. The predicted molar refractivity (Wildman–Crippen MR) is 93.8 cm³/mol. The summed E-state index contributed by atoms with van der Waals surface area (Å²) in [6.45, 7) is 3.71. The number of benzene rings is 1. The molecule has 0 aliphatic carbocycles. The second kappa shape index (κ2) is 8.56. The smallest absolute Gasteiger partial charge is 0.316 e. The highest BCUT2D eigenvalue weighted by atomic mass is 35.5. The van der Waals surface area contributed by atoms with Gasteiger partial charge in [-0.25, -0.2) is 4.98 Å². The summed E-state index contributed by atoms with van der Waals surface area (Å²) in [5, 5.41) is 3.86. The van der Waals surface area contributed by atoms with Crippen molar-refractivity contribution in [2.45, 2.75) is 32.1 Å². The van der Waals surface area contributed by atoms with Gasteiger partial charge in [-0.05, 0) is 31.5 Å². The number of nitrogens with zero attached hydrogens (tertiary/aromatic N) is 1. The molecule has 22 heavy (non-hydrogen) atoms. The van der Waals surface area contributed by atoms with Crippen LogP contribution in [-0.4, -0.2) is 22.8 Å². The molecule has 0 saturated carbocycles. The van der Waals surface area contributed by atoms with Crippen molar-refractivity contribution in [2.75, 3.05) is 5.75 Å². The maximum Gasteiger partial charge on any atom is 0.316 e. The number of aromatic nitrogens is 1. The fourth-order valence-corrected chi connectivity index (χ4v) is 3.56. The molecule has 0 N–H and O–H groups in total. The van der Waals surface area contributed by atoms with Crippen molar-refractivity contribution in [2.24, 2.45) is 0 Å². The predicted octanol–water partition coefficient (Wildman–Crippen LogP) is 4.57. The maximum absolute atomic E-state index is 11.4. The highest BCUT2D eigenvalue weighted by molar-refractivity contribution is 7.99. The van der Waals surface area contributed by atoms with Crippen molar-refractivity contribution < 1.29 is 9.53 Å². The van der Waals surface area contributed by atoms with Gasteiger partial charge in [0, 0.05) is 22.6 Å². The molecule has 6 heteroatoms. The molecule has 0 unspecified atom stereocenters. The second-order valence-electron chi connectivity index (χ2n) is 5.07. The number of rotatable bonds is 7. The summed E-state index contributed by atoms with van der Waals surface area (Å²) < 4.78 is 5.09. The average Bonchev–Trinajstić information content (AvgIpc) is 2.88. The van der Waals surface area contributed by atoms with Crippen LogP contribution in [0.15, 0.2) is 29.6 Å². The molecular weight excluding hydrogens is 338 g/mol. The molecule has 1 aromatic heterocycles. The quantitative estimate of drug-likeness (QED) is 0.682. The molecule has 1 heterocycles. The Morgan fingerprint density at radius 2 is 2.09 bits per heavy atom. The number of carbonyl (C=O) groups is 1. The third kappa shape index (κ3) is 5.99. The first-order valence-corrected chi connectivity index (χ1v) is 9.39. The Morgan fingerprint density at radius 1 is 1.36 bits per heavy atom. The molecule has 0 amide bonds. The van der Waals surface area contributed by atoms with Crippen molar-refractivity contribution in [1.82, 2.24) is 4.98 Å². The van der Waals surface area contributed by atoms with Gasteiger partial charge in [-0.2, -0.15) is 0 Å². The zero-order valence-electron chi connectivity index (χ0n) is 12.5. The average molecular weight is 356 g/mol. The lowest BCUT2D eigenvalue weighted by Crippen LogP contribution is -2.13. The molecule has 0 aliphatic heterocycles. The lowest BCUT2D eigenvalue weighted by Gasteiger charge is -2.06.